The van der Waals surface area contributed by atoms with Crippen LogP contribution in [0.3, 0.4) is 0 Å². The molecule has 1 aliphatic rings. The van der Waals surface area contributed by atoms with Gasteiger partial charge in [-0.2, -0.15) is 0 Å². The lowest BCUT2D eigenvalue weighted by atomic mass is 9.96. The summed E-state index contributed by atoms with van der Waals surface area (Å²) in [6.07, 6.45) is 3.03. The summed E-state index contributed by atoms with van der Waals surface area (Å²) < 4.78 is 3.14. The van der Waals surface area contributed by atoms with Crippen LogP contribution in [0.4, 0.5) is 0 Å². The largest absolute Gasteiger partial charge is 0.481 e. The summed E-state index contributed by atoms with van der Waals surface area (Å²) in [5, 5.41) is 9.09. The van der Waals surface area contributed by atoms with Crippen LogP contribution in [-0.2, 0) is 17.8 Å². The number of imidazole rings is 1. The number of aliphatic carboxylic acids is 1. The van der Waals surface area contributed by atoms with Crippen molar-refractivity contribution in [3.05, 3.63) is 40.6 Å². The number of carbonyl (C=O) groups is 1. The quantitative estimate of drug-likeness (QED) is 0.925. The third kappa shape index (κ3) is 2.30. The number of benzene rings is 1. The Bertz CT molecular complexity index is 636. The van der Waals surface area contributed by atoms with Gasteiger partial charge in [0.25, 0.3) is 0 Å². The summed E-state index contributed by atoms with van der Waals surface area (Å²) in [5.41, 5.74) is 2.06. The van der Waals surface area contributed by atoms with E-state index in [4.69, 9.17) is 5.11 Å². The van der Waals surface area contributed by atoms with E-state index >= 15 is 0 Å². The van der Waals surface area contributed by atoms with Gasteiger partial charge in [0.15, 0.2) is 0 Å². The second-order valence-electron chi connectivity index (χ2n) is 4.76. The molecule has 0 aliphatic carbocycles. The summed E-state index contributed by atoms with van der Waals surface area (Å²) in [5.74, 6) is -0.0730. The normalized spacial score (nSPS) is 18.1. The zero-order valence-electron chi connectivity index (χ0n) is 10.2. The fourth-order valence-electron chi connectivity index (χ4n) is 2.53. The molecule has 1 N–H and O–H groups in total. The highest BCUT2D eigenvalue weighted by Gasteiger charge is 2.26. The molecule has 1 unspecified atom stereocenters. The highest BCUT2D eigenvalue weighted by molar-refractivity contribution is 9.10. The lowest BCUT2D eigenvalue weighted by Gasteiger charge is -2.22. The van der Waals surface area contributed by atoms with E-state index in [9.17, 15) is 4.79 Å². The molecule has 0 saturated heterocycles. The van der Waals surface area contributed by atoms with E-state index in [0.29, 0.717) is 19.4 Å². The van der Waals surface area contributed by atoms with Gasteiger partial charge >= 0.3 is 5.97 Å². The van der Waals surface area contributed by atoms with Crippen molar-refractivity contribution in [1.82, 2.24) is 9.55 Å². The molecule has 0 bridgehead atoms. The molecule has 2 aromatic rings. The smallest absolute Gasteiger partial charge is 0.306 e. The highest BCUT2D eigenvalue weighted by atomic mass is 79.9. The van der Waals surface area contributed by atoms with Gasteiger partial charge in [-0.15, -0.1) is 0 Å². The molecule has 1 atom stereocenters. The summed E-state index contributed by atoms with van der Waals surface area (Å²) >= 11 is 3.46. The first-order valence-electron chi connectivity index (χ1n) is 6.18. The highest BCUT2D eigenvalue weighted by Crippen LogP contribution is 2.28. The van der Waals surface area contributed by atoms with Gasteiger partial charge in [-0.25, -0.2) is 4.98 Å². The van der Waals surface area contributed by atoms with E-state index in [1.54, 1.807) is 6.20 Å². The monoisotopic (exact) mass is 320 g/mol. The van der Waals surface area contributed by atoms with Crippen molar-refractivity contribution >= 4 is 21.9 Å². The van der Waals surface area contributed by atoms with Gasteiger partial charge < -0.3 is 9.67 Å². The minimum Gasteiger partial charge on any atom is -0.481 e. The minimum atomic E-state index is -0.712. The van der Waals surface area contributed by atoms with Gasteiger partial charge in [0, 0.05) is 34.9 Å². The molecule has 0 radical (unpaired) electrons. The van der Waals surface area contributed by atoms with Gasteiger partial charge in [-0.3, -0.25) is 4.79 Å². The molecule has 5 heteroatoms. The molecule has 0 spiro atoms. The molecular formula is C14H13BrN2O2. The van der Waals surface area contributed by atoms with E-state index in [1.807, 2.05) is 24.3 Å². The zero-order valence-corrected chi connectivity index (χ0v) is 11.8. The van der Waals surface area contributed by atoms with E-state index < -0.39 is 5.97 Å². The lowest BCUT2D eigenvalue weighted by Crippen LogP contribution is -2.25. The number of hydrogen-bond donors (Lipinski definition) is 1. The van der Waals surface area contributed by atoms with Crippen molar-refractivity contribution in [3.63, 3.8) is 0 Å². The molecule has 3 rings (SSSR count). The molecule has 4 nitrogen and oxygen atoms in total. The van der Waals surface area contributed by atoms with E-state index in [0.717, 1.165) is 21.6 Å². The maximum atomic E-state index is 11.0. The number of halogens is 1. The molecule has 19 heavy (non-hydrogen) atoms. The average Bonchev–Trinajstić information content (AvgIpc) is 2.81. The third-order valence-corrected chi connectivity index (χ3v) is 4.02. The van der Waals surface area contributed by atoms with Crippen molar-refractivity contribution in [1.29, 1.82) is 0 Å². The Morgan fingerprint density at radius 1 is 1.47 bits per heavy atom. The summed E-state index contributed by atoms with van der Waals surface area (Å²) in [6.45, 7) is 0.716. The van der Waals surface area contributed by atoms with E-state index in [1.165, 1.54) is 0 Å². The predicted molar refractivity (Wildman–Crippen MR) is 74.8 cm³/mol. The van der Waals surface area contributed by atoms with Crippen molar-refractivity contribution in [3.8, 4) is 11.4 Å². The van der Waals surface area contributed by atoms with Crippen molar-refractivity contribution in [2.45, 2.75) is 19.4 Å². The number of rotatable bonds is 2. The Balaban J connectivity index is 1.97. The number of nitrogens with zero attached hydrogens (tertiary/aromatic N) is 2. The molecular weight excluding hydrogens is 308 g/mol. The predicted octanol–water partition coefficient (Wildman–Crippen LogP) is 2.96. The fraction of sp³-hybridized carbons (Fsp3) is 0.286. The molecule has 0 saturated carbocycles. The second kappa shape index (κ2) is 4.81. The first-order valence-corrected chi connectivity index (χ1v) is 6.97. The average molecular weight is 321 g/mol. The van der Waals surface area contributed by atoms with Gasteiger partial charge in [-0.1, -0.05) is 28.1 Å². The van der Waals surface area contributed by atoms with Crippen molar-refractivity contribution < 1.29 is 9.90 Å². The summed E-state index contributed by atoms with van der Waals surface area (Å²) in [4.78, 5) is 15.5. The van der Waals surface area contributed by atoms with Gasteiger partial charge in [0.1, 0.15) is 5.82 Å². The molecule has 0 fully saturated rings. The molecule has 1 aromatic carbocycles. The third-order valence-electron chi connectivity index (χ3n) is 3.53. The van der Waals surface area contributed by atoms with Crippen LogP contribution < -0.4 is 0 Å². The second-order valence-corrected chi connectivity index (χ2v) is 5.68. The Hall–Kier alpha value is -1.62. The van der Waals surface area contributed by atoms with Crippen LogP contribution in [0.15, 0.2) is 34.9 Å². The molecule has 2 heterocycles. The maximum absolute atomic E-state index is 11.0. The van der Waals surface area contributed by atoms with Gasteiger partial charge in [0.2, 0.25) is 0 Å². The van der Waals surface area contributed by atoms with Crippen LogP contribution in [0.1, 0.15) is 12.1 Å². The van der Waals surface area contributed by atoms with Crippen LogP contribution >= 0.6 is 15.9 Å². The van der Waals surface area contributed by atoms with Gasteiger partial charge in [-0.05, 0) is 18.6 Å². The number of carboxylic acids is 1. The summed E-state index contributed by atoms with van der Waals surface area (Å²) in [6, 6.07) is 8.00. The molecule has 98 valence electrons. The van der Waals surface area contributed by atoms with E-state index in [2.05, 4.69) is 25.5 Å². The number of fused-ring (bicyclic) bond motifs is 1. The Morgan fingerprint density at radius 3 is 3.05 bits per heavy atom. The standard InChI is InChI=1S/C14H13BrN2O2/c15-11-3-1-2-9(6-11)13-16-8-12-7-10(14(18)19)4-5-17(12)13/h1-3,6,8,10H,4-5,7H2,(H,18,19). The van der Waals surface area contributed by atoms with Crippen molar-refractivity contribution in [2.24, 2.45) is 5.92 Å². The van der Waals surface area contributed by atoms with Crippen LogP contribution in [0, 0.1) is 5.92 Å². The lowest BCUT2D eigenvalue weighted by molar-refractivity contribution is -0.142. The Morgan fingerprint density at radius 2 is 2.32 bits per heavy atom. The van der Waals surface area contributed by atoms with Gasteiger partial charge in [0.05, 0.1) is 5.92 Å². The summed E-state index contributed by atoms with van der Waals surface area (Å²) in [7, 11) is 0. The number of hydrogen-bond acceptors (Lipinski definition) is 2. The number of carboxylic acid groups (broad SMARTS) is 1. The first-order chi connectivity index (χ1) is 9.15. The first kappa shape index (κ1) is 12.4. The molecule has 1 aromatic heterocycles. The molecule has 0 amide bonds. The van der Waals surface area contributed by atoms with E-state index in [-0.39, 0.29) is 5.92 Å². The van der Waals surface area contributed by atoms with Crippen LogP contribution in [0.5, 0.6) is 0 Å². The van der Waals surface area contributed by atoms with Crippen LogP contribution in [-0.4, -0.2) is 20.6 Å². The SMILES string of the molecule is O=C(O)C1CCn2c(cnc2-c2cccc(Br)c2)C1. The number of aromatic nitrogens is 2. The maximum Gasteiger partial charge on any atom is 0.306 e. The van der Waals surface area contributed by atoms with Crippen LogP contribution in [0.2, 0.25) is 0 Å². The minimum absolute atomic E-state index is 0.278. The Kier molecular flexibility index (Phi) is 3.14. The van der Waals surface area contributed by atoms with Crippen molar-refractivity contribution in [2.75, 3.05) is 0 Å². The molecule has 1 aliphatic heterocycles. The Labute approximate surface area is 119 Å². The topological polar surface area (TPSA) is 55.1 Å². The zero-order chi connectivity index (χ0) is 13.4. The van der Waals surface area contributed by atoms with Crippen LogP contribution in [0.25, 0.3) is 11.4 Å². The fourth-order valence-corrected chi connectivity index (χ4v) is 2.93.